The van der Waals surface area contributed by atoms with Gasteiger partial charge in [-0.25, -0.2) is 4.79 Å². The molecule has 0 saturated heterocycles. The second-order valence-electron chi connectivity index (χ2n) is 4.13. The van der Waals surface area contributed by atoms with Gasteiger partial charge in [0.25, 0.3) is 0 Å². The summed E-state index contributed by atoms with van der Waals surface area (Å²) in [5.74, 6) is -2.93. The van der Waals surface area contributed by atoms with Crippen molar-refractivity contribution in [1.82, 2.24) is 5.32 Å². The van der Waals surface area contributed by atoms with Crippen LogP contribution in [0.1, 0.15) is 19.3 Å². The number of carbonyl (C=O) groups is 3. The zero-order valence-corrected chi connectivity index (χ0v) is 10.9. The van der Waals surface area contributed by atoms with Gasteiger partial charge in [-0.2, -0.15) is 0 Å². The van der Waals surface area contributed by atoms with E-state index >= 15 is 0 Å². The number of nitrogens with one attached hydrogen (secondary N) is 1. The topological polar surface area (TPSA) is 200 Å². The molecule has 0 heterocycles. The Morgan fingerprint density at radius 2 is 1.80 bits per heavy atom. The number of primary amides is 1. The Kier molecular flexibility index (Phi) is 7.67. The SMILES string of the molecule is NC(=O)CC(NC(=O)C(N)CCCN=C(N)N)C(=O)O. The van der Waals surface area contributed by atoms with Crippen molar-refractivity contribution in [2.45, 2.75) is 31.3 Å². The minimum Gasteiger partial charge on any atom is -0.480 e. The molecule has 10 N–H and O–H groups in total. The first-order valence-electron chi connectivity index (χ1n) is 5.86. The van der Waals surface area contributed by atoms with E-state index in [2.05, 4.69) is 10.3 Å². The van der Waals surface area contributed by atoms with Crippen molar-refractivity contribution in [1.29, 1.82) is 0 Å². The summed E-state index contributed by atoms with van der Waals surface area (Å²) in [5.41, 5.74) is 20.7. The van der Waals surface area contributed by atoms with Gasteiger partial charge < -0.3 is 33.4 Å². The molecule has 2 amide bonds. The lowest BCUT2D eigenvalue weighted by Gasteiger charge is -2.16. The Morgan fingerprint density at radius 1 is 1.20 bits per heavy atom. The van der Waals surface area contributed by atoms with Crippen molar-refractivity contribution in [3.8, 4) is 0 Å². The van der Waals surface area contributed by atoms with Crippen LogP contribution in [-0.2, 0) is 14.4 Å². The molecule has 2 unspecified atom stereocenters. The Labute approximate surface area is 115 Å². The maximum absolute atomic E-state index is 11.6. The second kappa shape index (κ2) is 8.69. The van der Waals surface area contributed by atoms with Crippen LogP contribution in [0.15, 0.2) is 4.99 Å². The molecule has 0 aromatic carbocycles. The van der Waals surface area contributed by atoms with Crippen LogP contribution in [0.5, 0.6) is 0 Å². The molecule has 0 aliphatic carbocycles. The lowest BCUT2D eigenvalue weighted by atomic mass is 10.1. The van der Waals surface area contributed by atoms with E-state index in [-0.39, 0.29) is 12.4 Å². The summed E-state index contributed by atoms with van der Waals surface area (Å²) >= 11 is 0. The summed E-state index contributed by atoms with van der Waals surface area (Å²) in [5, 5.41) is 11.0. The number of nitrogens with zero attached hydrogens (tertiary/aromatic N) is 1. The Bertz CT molecular complexity index is 393. The number of carboxylic acids is 1. The van der Waals surface area contributed by atoms with Crippen molar-refractivity contribution >= 4 is 23.7 Å². The summed E-state index contributed by atoms with van der Waals surface area (Å²) < 4.78 is 0. The molecule has 0 saturated carbocycles. The van der Waals surface area contributed by atoms with Crippen molar-refractivity contribution in [3.05, 3.63) is 0 Å². The lowest BCUT2D eigenvalue weighted by molar-refractivity contribution is -0.143. The third-order valence-corrected chi connectivity index (χ3v) is 2.32. The summed E-state index contributed by atoms with van der Waals surface area (Å²) in [6, 6.07) is -2.30. The molecule has 0 aliphatic rings. The van der Waals surface area contributed by atoms with Gasteiger partial charge in [0.15, 0.2) is 5.96 Å². The zero-order valence-electron chi connectivity index (χ0n) is 10.9. The molecule has 20 heavy (non-hydrogen) atoms. The highest BCUT2D eigenvalue weighted by Crippen LogP contribution is 1.98. The van der Waals surface area contributed by atoms with E-state index in [1.165, 1.54) is 0 Å². The molecular weight excluding hydrogens is 268 g/mol. The van der Waals surface area contributed by atoms with Gasteiger partial charge in [0.05, 0.1) is 12.5 Å². The van der Waals surface area contributed by atoms with E-state index in [9.17, 15) is 14.4 Å². The zero-order chi connectivity index (χ0) is 15.7. The Morgan fingerprint density at radius 3 is 2.25 bits per heavy atom. The first-order chi connectivity index (χ1) is 9.23. The first-order valence-corrected chi connectivity index (χ1v) is 5.86. The minimum absolute atomic E-state index is 0.0598. The molecule has 114 valence electrons. The van der Waals surface area contributed by atoms with Crippen LogP contribution in [-0.4, -0.2) is 47.5 Å². The molecule has 0 bridgehead atoms. The quantitative estimate of drug-likeness (QED) is 0.146. The van der Waals surface area contributed by atoms with Gasteiger partial charge >= 0.3 is 5.97 Å². The van der Waals surface area contributed by atoms with E-state index in [0.717, 1.165) is 0 Å². The summed E-state index contributed by atoms with van der Waals surface area (Å²) in [6.07, 6.45) is 0.230. The third kappa shape index (κ3) is 7.87. The smallest absolute Gasteiger partial charge is 0.326 e. The van der Waals surface area contributed by atoms with Gasteiger partial charge in [0, 0.05) is 6.54 Å². The van der Waals surface area contributed by atoms with Crippen LogP contribution in [0.4, 0.5) is 0 Å². The molecule has 2 atom stereocenters. The van der Waals surface area contributed by atoms with Crippen LogP contribution in [0.3, 0.4) is 0 Å². The molecule has 0 spiro atoms. The second-order valence-corrected chi connectivity index (χ2v) is 4.13. The van der Waals surface area contributed by atoms with Crippen LogP contribution in [0.2, 0.25) is 0 Å². The van der Waals surface area contributed by atoms with Crippen molar-refractivity contribution in [2.24, 2.45) is 27.9 Å². The molecule has 0 aliphatic heterocycles. The number of hydrogen-bond donors (Lipinski definition) is 6. The monoisotopic (exact) mass is 288 g/mol. The van der Waals surface area contributed by atoms with Gasteiger partial charge in [-0.05, 0) is 12.8 Å². The van der Waals surface area contributed by atoms with E-state index < -0.39 is 36.3 Å². The van der Waals surface area contributed by atoms with Crippen LogP contribution in [0.25, 0.3) is 0 Å². The predicted molar refractivity (Wildman–Crippen MR) is 71.3 cm³/mol. The molecule has 0 radical (unpaired) electrons. The van der Waals surface area contributed by atoms with E-state index in [1.807, 2.05) is 0 Å². The third-order valence-electron chi connectivity index (χ3n) is 2.32. The van der Waals surface area contributed by atoms with Gasteiger partial charge in [0.2, 0.25) is 11.8 Å². The van der Waals surface area contributed by atoms with Crippen LogP contribution in [0, 0.1) is 0 Å². The highest BCUT2D eigenvalue weighted by Gasteiger charge is 2.24. The highest BCUT2D eigenvalue weighted by atomic mass is 16.4. The fourth-order valence-corrected chi connectivity index (χ4v) is 1.33. The molecule has 0 fully saturated rings. The number of carbonyl (C=O) groups excluding carboxylic acids is 2. The number of carboxylic acid groups (broad SMARTS) is 1. The fraction of sp³-hybridized carbons (Fsp3) is 0.600. The number of hydrogen-bond acceptors (Lipinski definition) is 5. The molecule has 0 aromatic rings. The number of guanidine groups is 1. The highest BCUT2D eigenvalue weighted by molar-refractivity contribution is 5.89. The van der Waals surface area contributed by atoms with E-state index in [1.54, 1.807) is 0 Å². The number of amides is 2. The molecule has 10 heteroatoms. The minimum atomic E-state index is -1.39. The lowest BCUT2D eigenvalue weighted by Crippen LogP contribution is -2.49. The van der Waals surface area contributed by atoms with Crippen LogP contribution >= 0.6 is 0 Å². The standard InChI is InChI=1S/C10H20N6O4/c11-5(2-1-3-15-10(13)14)8(18)16-6(9(19)20)4-7(12)17/h5-6H,1-4,11H2,(H2,12,17)(H,16,18)(H,19,20)(H4,13,14,15). The number of rotatable bonds is 9. The van der Waals surface area contributed by atoms with Crippen LogP contribution < -0.4 is 28.3 Å². The maximum atomic E-state index is 11.6. The number of aliphatic carboxylic acids is 1. The van der Waals surface area contributed by atoms with Crippen molar-refractivity contribution in [3.63, 3.8) is 0 Å². The van der Waals surface area contributed by atoms with Crippen molar-refractivity contribution < 1.29 is 19.5 Å². The van der Waals surface area contributed by atoms with E-state index in [0.29, 0.717) is 13.0 Å². The van der Waals surface area contributed by atoms with Crippen molar-refractivity contribution in [2.75, 3.05) is 6.54 Å². The average Bonchev–Trinajstić information content (AvgIpc) is 2.32. The van der Waals surface area contributed by atoms with Gasteiger partial charge in [0.1, 0.15) is 6.04 Å². The molecule has 0 aromatic heterocycles. The maximum Gasteiger partial charge on any atom is 0.326 e. The number of nitrogens with two attached hydrogens (primary N) is 4. The summed E-state index contributed by atoms with van der Waals surface area (Å²) in [6.45, 7) is 0.312. The average molecular weight is 288 g/mol. The van der Waals surface area contributed by atoms with Gasteiger partial charge in [-0.15, -0.1) is 0 Å². The molecule has 0 rings (SSSR count). The largest absolute Gasteiger partial charge is 0.480 e. The molecular formula is C10H20N6O4. The fourth-order valence-electron chi connectivity index (χ4n) is 1.33. The Hall–Kier alpha value is -2.36. The summed E-state index contributed by atoms with van der Waals surface area (Å²) in [4.78, 5) is 36.8. The number of aliphatic imine (C=N–C) groups is 1. The van der Waals surface area contributed by atoms with E-state index in [4.69, 9.17) is 28.0 Å². The first kappa shape index (κ1) is 17.6. The van der Waals surface area contributed by atoms with Gasteiger partial charge in [-0.3, -0.25) is 14.6 Å². The molecule has 10 nitrogen and oxygen atoms in total. The normalized spacial score (nSPS) is 13.1. The predicted octanol–water partition coefficient (Wildman–Crippen LogP) is -3.19. The Balaban J connectivity index is 4.25. The summed E-state index contributed by atoms with van der Waals surface area (Å²) in [7, 11) is 0. The van der Waals surface area contributed by atoms with Gasteiger partial charge in [-0.1, -0.05) is 0 Å².